The summed E-state index contributed by atoms with van der Waals surface area (Å²) in [6, 6.07) is 0. The first-order chi connectivity index (χ1) is 40.6. The number of rotatable bonds is 74. The topological polar surface area (TPSA) is 72.8 Å². The fourth-order valence-corrected chi connectivity index (χ4v) is 12.6. The summed E-state index contributed by atoms with van der Waals surface area (Å²) in [6.45, 7) is 4.23. The first-order valence-electron chi connectivity index (χ1n) is 38.6. The Hall–Kier alpha value is -1.10. The summed E-state index contributed by atoms with van der Waals surface area (Å²) < 4.78 is 10.8. The van der Waals surface area contributed by atoms with Gasteiger partial charge in [0.2, 0.25) is 0 Å². The van der Waals surface area contributed by atoms with Crippen LogP contribution >= 0.6 is 0 Å². The van der Waals surface area contributed by atoms with Crippen LogP contribution in [0.5, 0.6) is 0 Å². The summed E-state index contributed by atoms with van der Waals surface area (Å²) in [6.07, 6.45) is 94.8. The van der Waals surface area contributed by atoms with Crippen LogP contribution in [0.15, 0.2) is 0 Å². The molecule has 0 aromatic heterocycles. The van der Waals surface area contributed by atoms with E-state index in [0.717, 1.165) is 32.1 Å². The minimum absolute atomic E-state index is 0.0551. The number of carbonyl (C=O) groups is 2. The molecule has 1 unspecified atom stereocenters. The molecule has 0 saturated heterocycles. The van der Waals surface area contributed by atoms with E-state index in [2.05, 4.69) is 13.8 Å². The molecule has 0 bridgehead atoms. The lowest BCUT2D eigenvalue weighted by molar-refractivity contribution is -0.161. The van der Waals surface area contributed by atoms with E-state index in [0.29, 0.717) is 12.8 Å². The van der Waals surface area contributed by atoms with Gasteiger partial charge in [0.1, 0.15) is 6.61 Å². The number of carbonyl (C=O) groups excluding carboxylic acids is 2. The lowest BCUT2D eigenvalue weighted by Crippen LogP contribution is -2.28. The average Bonchev–Trinajstić information content (AvgIpc) is 3.48. The quantitative estimate of drug-likeness (QED) is 0.0485. The van der Waals surface area contributed by atoms with Crippen LogP contribution in [-0.4, -0.2) is 36.4 Å². The zero-order valence-corrected chi connectivity index (χ0v) is 56.6. The highest BCUT2D eigenvalue weighted by Gasteiger charge is 2.16. The Bertz CT molecular complexity index is 1170. The maximum absolute atomic E-state index is 12.4. The van der Waals surface area contributed by atoms with Crippen molar-refractivity contribution < 1.29 is 24.2 Å². The van der Waals surface area contributed by atoms with Gasteiger partial charge in [-0.1, -0.05) is 438 Å². The van der Waals surface area contributed by atoms with Crippen molar-refractivity contribution in [3.63, 3.8) is 0 Å². The molecular weight excluding hydrogens is 1000 g/mol. The molecule has 0 aliphatic carbocycles. The van der Waals surface area contributed by atoms with E-state index in [4.69, 9.17) is 9.47 Å². The summed E-state index contributed by atoms with van der Waals surface area (Å²) in [7, 11) is 0. The molecule has 0 saturated carbocycles. The minimum atomic E-state index is -0.766. The number of unbranched alkanes of at least 4 members (excludes halogenated alkanes) is 66. The Morgan fingerprint density at radius 1 is 0.232 bits per heavy atom. The van der Waals surface area contributed by atoms with Crippen molar-refractivity contribution in [1.82, 2.24) is 0 Å². The van der Waals surface area contributed by atoms with Crippen molar-refractivity contribution in [2.24, 2.45) is 0 Å². The zero-order valence-electron chi connectivity index (χ0n) is 56.6. The predicted octanol–water partition coefficient (Wildman–Crippen LogP) is 26.8. The SMILES string of the molecule is CCCCCCCCCCCCCCCCCCCCCCCCCCCCCCCCCCCCC(=O)OCC(CO)OC(=O)CCCCCCCCCCCCCCCCCCCCCCCCCCCCCCCCCCCC. The van der Waals surface area contributed by atoms with E-state index in [-0.39, 0.29) is 25.2 Å². The van der Waals surface area contributed by atoms with E-state index < -0.39 is 6.10 Å². The average molecular weight is 1160 g/mol. The van der Waals surface area contributed by atoms with Crippen LogP contribution in [0.3, 0.4) is 0 Å². The third-order valence-corrected chi connectivity index (χ3v) is 18.4. The van der Waals surface area contributed by atoms with E-state index in [1.807, 2.05) is 0 Å². The largest absolute Gasteiger partial charge is 0.462 e. The van der Waals surface area contributed by atoms with Crippen molar-refractivity contribution in [1.29, 1.82) is 0 Å². The Morgan fingerprint density at radius 3 is 0.537 bits per heavy atom. The van der Waals surface area contributed by atoms with Gasteiger partial charge in [0.05, 0.1) is 6.61 Å². The molecule has 0 aromatic rings. The fourth-order valence-electron chi connectivity index (χ4n) is 12.6. The molecule has 5 nitrogen and oxygen atoms in total. The molecule has 0 aliphatic heterocycles. The Morgan fingerprint density at radius 2 is 0.378 bits per heavy atom. The highest BCUT2D eigenvalue weighted by molar-refractivity contribution is 5.70. The normalized spacial score (nSPS) is 12.0. The standard InChI is InChI=1S/C77H152O5/c1-3-5-7-9-11-13-15-17-19-21-23-25-27-29-31-33-35-37-39-41-43-45-47-49-51-53-55-57-59-61-63-65-67-69-71-76(79)81-74-75(73-78)82-77(80)72-70-68-66-64-62-60-58-56-54-52-50-48-46-44-42-40-38-36-34-32-30-28-26-24-22-20-18-16-14-12-10-8-6-4-2/h75,78H,3-74H2,1-2H3. The summed E-state index contributed by atoms with van der Waals surface area (Å²) >= 11 is 0. The van der Waals surface area contributed by atoms with E-state index in [1.54, 1.807) is 0 Å². The van der Waals surface area contributed by atoms with Crippen LogP contribution < -0.4 is 0 Å². The van der Waals surface area contributed by atoms with E-state index in [9.17, 15) is 14.7 Å². The predicted molar refractivity (Wildman–Crippen MR) is 362 cm³/mol. The van der Waals surface area contributed by atoms with Gasteiger partial charge in [0.15, 0.2) is 6.10 Å². The van der Waals surface area contributed by atoms with Crippen LogP contribution in [-0.2, 0) is 19.1 Å². The molecule has 0 rings (SSSR count). The summed E-state index contributed by atoms with van der Waals surface area (Å²) in [4.78, 5) is 24.7. The molecule has 0 aromatic carbocycles. The van der Waals surface area contributed by atoms with Gasteiger partial charge in [-0.05, 0) is 12.8 Å². The lowest BCUT2D eigenvalue weighted by Gasteiger charge is -2.15. The lowest BCUT2D eigenvalue weighted by atomic mass is 10.0. The van der Waals surface area contributed by atoms with Gasteiger partial charge in [-0.3, -0.25) is 9.59 Å². The fraction of sp³-hybridized carbons (Fsp3) is 0.974. The molecule has 82 heavy (non-hydrogen) atoms. The van der Waals surface area contributed by atoms with Crippen LogP contribution in [0.2, 0.25) is 0 Å². The summed E-state index contributed by atoms with van der Waals surface area (Å²) in [5, 5.41) is 9.72. The summed E-state index contributed by atoms with van der Waals surface area (Å²) in [5.74, 6) is -0.556. The molecular formula is C77H152O5. The van der Waals surface area contributed by atoms with Gasteiger partial charge in [-0.15, -0.1) is 0 Å². The van der Waals surface area contributed by atoms with Gasteiger partial charge < -0.3 is 14.6 Å². The number of esters is 2. The minimum Gasteiger partial charge on any atom is -0.462 e. The zero-order chi connectivity index (χ0) is 59.1. The molecule has 5 heteroatoms. The number of hydrogen-bond donors (Lipinski definition) is 1. The number of aliphatic hydroxyl groups is 1. The first-order valence-corrected chi connectivity index (χ1v) is 38.6. The number of hydrogen-bond acceptors (Lipinski definition) is 5. The molecule has 0 aliphatic rings. The second-order valence-corrected chi connectivity index (χ2v) is 26.8. The maximum atomic E-state index is 12.4. The van der Waals surface area contributed by atoms with Crippen molar-refractivity contribution in [3.8, 4) is 0 Å². The van der Waals surface area contributed by atoms with Crippen LogP contribution in [0.1, 0.15) is 463 Å². The van der Waals surface area contributed by atoms with Crippen LogP contribution in [0.25, 0.3) is 0 Å². The van der Waals surface area contributed by atoms with E-state index in [1.165, 1.54) is 405 Å². The first kappa shape index (κ1) is 80.9. The van der Waals surface area contributed by atoms with Gasteiger partial charge in [-0.25, -0.2) is 0 Å². The van der Waals surface area contributed by atoms with Crippen molar-refractivity contribution >= 4 is 11.9 Å². The Balaban J connectivity index is 3.33. The molecule has 1 N–H and O–H groups in total. The molecule has 0 heterocycles. The van der Waals surface area contributed by atoms with Crippen LogP contribution in [0.4, 0.5) is 0 Å². The number of aliphatic hydroxyl groups excluding tert-OH is 1. The summed E-state index contributed by atoms with van der Waals surface area (Å²) in [5.41, 5.74) is 0. The molecule has 0 radical (unpaired) electrons. The molecule has 1 atom stereocenters. The second-order valence-electron chi connectivity index (χ2n) is 26.8. The van der Waals surface area contributed by atoms with E-state index >= 15 is 0 Å². The highest BCUT2D eigenvalue weighted by Crippen LogP contribution is 2.21. The van der Waals surface area contributed by atoms with Gasteiger partial charge >= 0.3 is 11.9 Å². The van der Waals surface area contributed by atoms with Gasteiger partial charge in [-0.2, -0.15) is 0 Å². The maximum Gasteiger partial charge on any atom is 0.306 e. The van der Waals surface area contributed by atoms with Gasteiger partial charge in [0.25, 0.3) is 0 Å². The van der Waals surface area contributed by atoms with Crippen molar-refractivity contribution in [2.75, 3.05) is 13.2 Å². The number of ether oxygens (including phenoxy) is 2. The third-order valence-electron chi connectivity index (χ3n) is 18.4. The molecule has 0 fully saturated rings. The third kappa shape index (κ3) is 71.4. The molecule has 490 valence electrons. The van der Waals surface area contributed by atoms with Crippen molar-refractivity contribution in [3.05, 3.63) is 0 Å². The molecule has 0 spiro atoms. The smallest absolute Gasteiger partial charge is 0.306 e. The second kappa shape index (κ2) is 74.2. The Labute approximate surface area is 516 Å². The van der Waals surface area contributed by atoms with Crippen LogP contribution in [0, 0.1) is 0 Å². The Kier molecular flexibility index (Phi) is 73.2. The molecule has 0 amide bonds. The van der Waals surface area contributed by atoms with Gasteiger partial charge in [0, 0.05) is 12.8 Å². The highest BCUT2D eigenvalue weighted by atomic mass is 16.6. The van der Waals surface area contributed by atoms with Crippen molar-refractivity contribution in [2.45, 2.75) is 469 Å². The monoisotopic (exact) mass is 1160 g/mol.